The van der Waals surface area contributed by atoms with Gasteiger partial charge in [-0.3, -0.25) is 4.79 Å². The molecule has 0 spiro atoms. The van der Waals surface area contributed by atoms with Gasteiger partial charge in [0.05, 0.1) is 0 Å². The molecule has 23 heavy (non-hydrogen) atoms. The number of para-hydroxylation sites is 1. The van der Waals surface area contributed by atoms with Crippen LogP contribution in [0.3, 0.4) is 0 Å². The molecule has 0 aliphatic rings. The van der Waals surface area contributed by atoms with Gasteiger partial charge in [-0.05, 0) is 24.4 Å². The molecule has 4 heteroatoms. The summed E-state index contributed by atoms with van der Waals surface area (Å²) in [6.07, 6.45) is 0.888. The van der Waals surface area contributed by atoms with Crippen LogP contribution in [0.25, 0.3) is 21.9 Å². The number of fused-ring (bicyclic) bond motifs is 1. The number of phenols is 1. The zero-order valence-electron chi connectivity index (χ0n) is 13.0. The Morgan fingerprint density at radius 3 is 2.57 bits per heavy atom. The molecule has 0 bridgehead atoms. The number of hydrogen-bond donors (Lipinski definition) is 1. The molecular weight excluding hydrogens is 290 g/mol. The first-order chi connectivity index (χ1) is 11.0. The highest BCUT2D eigenvalue weighted by Gasteiger charge is 2.18. The monoisotopic (exact) mass is 307 g/mol. The van der Waals surface area contributed by atoms with E-state index in [2.05, 4.69) is 0 Å². The Bertz CT molecular complexity index is 970. The number of hydrogen-bond acceptors (Lipinski definition) is 3. The molecular formula is C19H17NO3. The fraction of sp³-hybridized carbons (Fsp3) is 0.158. The van der Waals surface area contributed by atoms with E-state index in [1.807, 2.05) is 25.1 Å². The van der Waals surface area contributed by atoms with Crippen LogP contribution < -0.4 is 5.56 Å². The third-order valence-corrected chi connectivity index (χ3v) is 4.12. The zero-order valence-corrected chi connectivity index (χ0v) is 13.0. The SMILES string of the molecule is Cc1ccc2c(=O)n(C)c(CC=O)c(-c3ccccc3O)c2c1. The van der Waals surface area contributed by atoms with Gasteiger partial charge in [0.25, 0.3) is 5.56 Å². The number of benzene rings is 2. The largest absolute Gasteiger partial charge is 0.507 e. The third-order valence-electron chi connectivity index (χ3n) is 4.12. The van der Waals surface area contributed by atoms with Gasteiger partial charge in [0.1, 0.15) is 12.0 Å². The molecule has 4 nitrogen and oxygen atoms in total. The van der Waals surface area contributed by atoms with E-state index < -0.39 is 0 Å². The van der Waals surface area contributed by atoms with Crippen molar-refractivity contribution in [3.05, 3.63) is 64.1 Å². The highest BCUT2D eigenvalue weighted by molar-refractivity contribution is 5.99. The molecule has 0 atom stereocenters. The summed E-state index contributed by atoms with van der Waals surface area (Å²) in [7, 11) is 1.66. The molecule has 116 valence electrons. The van der Waals surface area contributed by atoms with Crippen LogP contribution >= 0.6 is 0 Å². The molecule has 0 aliphatic heterocycles. The maximum atomic E-state index is 12.6. The molecule has 3 rings (SSSR count). The lowest BCUT2D eigenvalue weighted by Gasteiger charge is -2.17. The number of carbonyl (C=O) groups is 1. The van der Waals surface area contributed by atoms with Gasteiger partial charge in [0.15, 0.2) is 0 Å². The van der Waals surface area contributed by atoms with Gasteiger partial charge in [0.2, 0.25) is 0 Å². The summed E-state index contributed by atoms with van der Waals surface area (Å²) >= 11 is 0. The number of phenolic OH excluding ortho intramolecular Hbond substituents is 1. The molecule has 0 amide bonds. The van der Waals surface area contributed by atoms with E-state index in [1.165, 1.54) is 4.57 Å². The van der Waals surface area contributed by atoms with E-state index in [1.54, 1.807) is 31.3 Å². The van der Waals surface area contributed by atoms with Gasteiger partial charge in [-0.25, -0.2) is 0 Å². The second kappa shape index (κ2) is 5.72. The van der Waals surface area contributed by atoms with Crippen molar-refractivity contribution in [3.8, 4) is 16.9 Å². The van der Waals surface area contributed by atoms with Gasteiger partial charge in [-0.15, -0.1) is 0 Å². The van der Waals surface area contributed by atoms with Gasteiger partial charge in [0, 0.05) is 35.7 Å². The number of pyridine rings is 1. The van der Waals surface area contributed by atoms with Gasteiger partial charge >= 0.3 is 0 Å². The second-order valence-electron chi connectivity index (χ2n) is 5.62. The maximum Gasteiger partial charge on any atom is 0.258 e. The molecule has 3 aromatic rings. The summed E-state index contributed by atoms with van der Waals surface area (Å²) in [6.45, 7) is 1.95. The molecule has 1 aromatic heterocycles. The van der Waals surface area contributed by atoms with Gasteiger partial charge in [-0.2, -0.15) is 0 Å². The van der Waals surface area contributed by atoms with Crippen LogP contribution in [0.2, 0.25) is 0 Å². The average Bonchev–Trinajstić information content (AvgIpc) is 2.54. The first-order valence-electron chi connectivity index (χ1n) is 7.39. The first-order valence-corrected chi connectivity index (χ1v) is 7.39. The Labute approximate surface area is 133 Å². The van der Waals surface area contributed by atoms with E-state index in [9.17, 15) is 14.7 Å². The molecule has 0 fully saturated rings. The molecule has 0 aliphatic carbocycles. The lowest BCUT2D eigenvalue weighted by Crippen LogP contribution is -2.22. The van der Waals surface area contributed by atoms with E-state index in [0.717, 1.165) is 22.8 Å². The Morgan fingerprint density at radius 1 is 1.13 bits per heavy atom. The standard InChI is InChI=1S/C19H17NO3/c1-12-7-8-13-15(11-12)18(14-5-3-4-6-17(14)22)16(9-10-21)20(2)19(13)23/h3-8,10-11,22H,9H2,1-2H3. The van der Waals surface area contributed by atoms with Gasteiger partial charge in [-0.1, -0.05) is 35.9 Å². The lowest BCUT2D eigenvalue weighted by molar-refractivity contribution is -0.107. The van der Waals surface area contributed by atoms with Crippen LogP contribution in [-0.4, -0.2) is 16.0 Å². The Hall–Kier alpha value is -2.88. The van der Waals surface area contributed by atoms with Crippen LogP contribution in [0.4, 0.5) is 0 Å². The molecule has 0 saturated heterocycles. The number of rotatable bonds is 3. The predicted molar refractivity (Wildman–Crippen MR) is 90.8 cm³/mol. The number of aldehydes is 1. The van der Waals surface area contributed by atoms with E-state index in [4.69, 9.17) is 0 Å². The molecule has 0 radical (unpaired) electrons. The number of aromatic hydroxyl groups is 1. The smallest absolute Gasteiger partial charge is 0.258 e. The molecule has 0 unspecified atom stereocenters. The van der Waals surface area contributed by atoms with Crippen molar-refractivity contribution in [2.75, 3.05) is 0 Å². The van der Waals surface area contributed by atoms with E-state index in [0.29, 0.717) is 16.6 Å². The minimum absolute atomic E-state index is 0.110. The number of aromatic nitrogens is 1. The van der Waals surface area contributed by atoms with Crippen LogP contribution in [0.5, 0.6) is 5.75 Å². The van der Waals surface area contributed by atoms with Crippen molar-refractivity contribution in [2.24, 2.45) is 7.05 Å². The van der Waals surface area contributed by atoms with E-state index >= 15 is 0 Å². The summed E-state index contributed by atoms with van der Waals surface area (Å²) in [5, 5.41) is 11.6. The quantitative estimate of drug-likeness (QED) is 0.757. The Morgan fingerprint density at radius 2 is 1.87 bits per heavy atom. The van der Waals surface area contributed by atoms with Crippen molar-refractivity contribution in [1.82, 2.24) is 4.57 Å². The first kappa shape index (κ1) is 15.0. The lowest BCUT2D eigenvalue weighted by atomic mass is 9.94. The van der Waals surface area contributed by atoms with Gasteiger partial charge < -0.3 is 14.5 Å². The number of nitrogens with zero attached hydrogens (tertiary/aromatic N) is 1. The minimum Gasteiger partial charge on any atom is -0.507 e. The van der Waals surface area contributed by atoms with Crippen molar-refractivity contribution < 1.29 is 9.90 Å². The van der Waals surface area contributed by atoms with Crippen molar-refractivity contribution in [1.29, 1.82) is 0 Å². The highest BCUT2D eigenvalue weighted by atomic mass is 16.3. The number of aryl methyl sites for hydroxylation is 1. The summed E-state index contributed by atoms with van der Waals surface area (Å²) in [4.78, 5) is 23.7. The fourth-order valence-electron chi connectivity index (χ4n) is 2.98. The van der Waals surface area contributed by atoms with Crippen LogP contribution in [0.1, 0.15) is 11.3 Å². The minimum atomic E-state index is -0.143. The van der Waals surface area contributed by atoms with Crippen LogP contribution in [-0.2, 0) is 18.3 Å². The van der Waals surface area contributed by atoms with Crippen molar-refractivity contribution in [3.63, 3.8) is 0 Å². The van der Waals surface area contributed by atoms with Crippen molar-refractivity contribution in [2.45, 2.75) is 13.3 Å². The Kier molecular flexibility index (Phi) is 3.74. The van der Waals surface area contributed by atoms with Crippen LogP contribution in [0, 0.1) is 6.92 Å². The fourth-order valence-corrected chi connectivity index (χ4v) is 2.98. The zero-order chi connectivity index (χ0) is 16.6. The molecule has 2 aromatic carbocycles. The van der Waals surface area contributed by atoms with E-state index in [-0.39, 0.29) is 17.7 Å². The molecule has 1 heterocycles. The number of carbonyl (C=O) groups excluding carboxylic acids is 1. The highest BCUT2D eigenvalue weighted by Crippen LogP contribution is 2.36. The summed E-state index contributed by atoms with van der Waals surface area (Å²) in [5.41, 5.74) is 2.83. The molecule has 0 saturated carbocycles. The Balaban J connectivity index is 2.56. The third kappa shape index (κ3) is 2.42. The molecule has 1 N–H and O–H groups in total. The summed E-state index contributed by atoms with van der Waals surface area (Å²) in [5.74, 6) is 0.126. The second-order valence-corrected chi connectivity index (χ2v) is 5.62. The predicted octanol–water partition coefficient (Wildman–Crippen LogP) is 2.96. The summed E-state index contributed by atoms with van der Waals surface area (Å²) < 4.78 is 1.49. The summed E-state index contributed by atoms with van der Waals surface area (Å²) in [6, 6.07) is 12.6. The maximum absolute atomic E-state index is 12.6. The normalized spacial score (nSPS) is 10.9. The van der Waals surface area contributed by atoms with Crippen molar-refractivity contribution >= 4 is 17.1 Å². The topological polar surface area (TPSA) is 59.3 Å². The van der Waals surface area contributed by atoms with Crippen LogP contribution in [0.15, 0.2) is 47.3 Å². The average molecular weight is 307 g/mol.